The number of ether oxygens (including phenoxy) is 2. The van der Waals surface area contributed by atoms with Gasteiger partial charge in [0.25, 0.3) is 5.91 Å². The Morgan fingerprint density at radius 3 is 2.54 bits per heavy atom. The number of hydrogen-bond donors (Lipinski definition) is 2. The molecule has 5 rings (SSSR count). The summed E-state index contributed by atoms with van der Waals surface area (Å²) in [5.74, 6) is 1.69. The van der Waals surface area contributed by atoms with E-state index in [0.717, 1.165) is 15.6 Å². The van der Waals surface area contributed by atoms with Crippen LogP contribution >= 0.6 is 50.9 Å². The Morgan fingerprint density at radius 2 is 1.83 bits per heavy atom. The van der Waals surface area contributed by atoms with Gasteiger partial charge in [0.1, 0.15) is 11.6 Å². The third kappa shape index (κ3) is 8.44. The first-order chi connectivity index (χ1) is 22.3. The quantitative estimate of drug-likeness (QED) is 0.127. The van der Waals surface area contributed by atoms with E-state index in [1.54, 1.807) is 54.2 Å². The Bertz CT molecular complexity index is 1680. The molecule has 0 bridgehead atoms. The molecule has 0 aliphatic carbocycles. The van der Waals surface area contributed by atoms with E-state index in [4.69, 9.17) is 42.8 Å². The van der Waals surface area contributed by atoms with Gasteiger partial charge >= 0.3 is 0 Å². The molecule has 0 saturated carbocycles. The van der Waals surface area contributed by atoms with Crippen molar-refractivity contribution in [3.05, 3.63) is 134 Å². The van der Waals surface area contributed by atoms with Crippen LogP contribution in [0.5, 0.6) is 5.75 Å². The number of halogens is 4. The Kier molecular flexibility index (Phi) is 12.0. The lowest BCUT2D eigenvalue weighted by molar-refractivity contribution is -0.128. The number of aliphatic hydroxyl groups excluding tert-OH is 1. The number of thioether (sulfide) groups is 1. The molecule has 1 amide bonds. The zero-order valence-corrected chi connectivity index (χ0v) is 28.6. The van der Waals surface area contributed by atoms with Gasteiger partial charge in [-0.05, 0) is 65.7 Å². The lowest BCUT2D eigenvalue weighted by Crippen LogP contribution is -2.50. The van der Waals surface area contributed by atoms with Crippen molar-refractivity contribution in [3.63, 3.8) is 0 Å². The van der Waals surface area contributed by atoms with Gasteiger partial charge in [-0.3, -0.25) is 4.79 Å². The summed E-state index contributed by atoms with van der Waals surface area (Å²) in [6.45, 7) is 0.821. The highest BCUT2D eigenvalue weighted by molar-refractivity contribution is 9.10. The van der Waals surface area contributed by atoms with Gasteiger partial charge in [0.05, 0.1) is 6.61 Å². The molecule has 2 N–H and O–H groups in total. The predicted octanol–water partition coefficient (Wildman–Crippen LogP) is 8.21. The third-order valence-corrected chi connectivity index (χ3v) is 9.77. The van der Waals surface area contributed by atoms with Crippen LogP contribution in [-0.4, -0.2) is 48.0 Å². The lowest BCUT2D eigenvalue weighted by atomic mass is 9.82. The molecule has 6 nitrogen and oxygen atoms in total. The fourth-order valence-electron chi connectivity index (χ4n) is 5.07. The van der Waals surface area contributed by atoms with Crippen molar-refractivity contribution in [3.8, 4) is 5.75 Å². The van der Waals surface area contributed by atoms with Gasteiger partial charge in [-0.1, -0.05) is 75.5 Å². The van der Waals surface area contributed by atoms with Crippen molar-refractivity contribution in [1.29, 1.82) is 0 Å². The number of aliphatic hydroxyl groups is 1. The Morgan fingerprint density at radius 1 is 1.07 bits per heavy atom. The number of amides is 1. The van der Waals surface area contributed by atoms with Crippen molar-refractivity contribution in [2.24, 2.45) is 4.99 Å². The summed E-state index contributed by atoms with van der Waals surface area (Å²) in [4.78, 5) is 19.5. The minimum atomic E-state index is -1.42. The average molecular weight is 747 g/mol. The van der Waals surface area contributed by atoms with E-state index >= 15 is 0 Å². The molecule has 0 unspecified atom stereocenters. The van der Waals surface area contributed by atoms with E-state index in [0.29, 0.717) is 63.9 Å². The molecule has 46 heavy (non-hydrogen) atoms. The molecular formula is C35H32BrCl2FN2O4S. The largest absolute Gasteiger partial charge is 0.494 e. The zero-order chi connectivity index (χ0) is 32.5. The normalized spacial score (nSPS) is 17.3. The number of aliphatic imine (C=N–C) groups is 1. The summed E-state index contributed by atoms with van der Waals surface area (Å²) >= 11 is 18.3. The van der Waals surface area contributed by atoms with E-state index in [-0.39, 0.29) is 24.8 Å². The second-order valence-corrected chi connectivity index (χ2v) is 13.5. The first-order valence-electron chi connectivity index (χ1n) is 14.7. The van der Waals surface area contributed by atoms with Crippen LogP contribution in [0.15, 0.2) is 100 Å². The van der Waals surface area contributed by atoms with E-state index in [1.807, 2.05) is 36.4 Å². The molecule has 4 aromatic carbocycles. The number of hydrogen-bond acceptors (Lipinski definition) is 6. The SMILES string of the molecule is O=C(NCCSCc1ccc(F)cc1)[C@]1(Cc2ccccc2Br)N=C(c2ccc(OCCCO)cc2)O[C@@H]1c1ccc(Cl)cc1Cl. The summed E-state index contributed by atoms with van der Waals surface area (Å²) in [6.07, 6.45) is -0.122. The van der Waals surface area contributed by atoms with Crippen LogP contribution in [-0.2, 0) is 21.7 Å². The molecule has 2 atom stereocenters. The first kappa shape index (κ1) is 34.3. The molecule has 1 heterocycles. The van der Waals surface area contributed by atoms with Gasteiger partial charge < -0.3 is 19.9 Å². The molecule has 1 aliphatic rings. The topological polar surface area (TPSA) is 80.2 Å². The molecule has 0 radical (unpaired) electrons. The summed E-state index contributed by atoms with van der Waals surface area (Å²) in [5.41, 5.74) is 1.71. The number of nitrogens with zero attached hydrogens (tertiary/aromatic N) is 1. The molecule has 0 spiro atoms. The molecule has 240 valence electrons. The van der Waals surface area contributed by atoms with Gasteiger partial charge in [0, 0.05) is 63.1 Å². The van der Waals surface area contributed by atoms with Gasteiger partial charge in [0.2, 0.25) is 5.90 Å². The minimum absolute atomic E-state index is 0.0476. The van der Waals surface area contributed by atoms with Gasteiger partial charge in [0.15, 0.2) is 11.6 Å². The number of rotatable bonds is 14. The standard InChI is InChI=1S/C35H32BrCl2FN2O4S/c36-30-5-2-1-4-25(30)21-35(34(43)40-16-19-46-22-23-6-11-27(39)12-7-23)32(29-15-10-26(37)20-31(29)38)45-33(41-35)24-8-13-28(14-9-24)44-18-3-17-42/h1-2,4-15,20,32,42H,3,16-19,21-22H2,(H,40,43)/t32-,35-/m1/s1. The maximum Gasteiger partial charge on any atom is 0.252 e. The molecule has 1 aliphatic heterocycles. The number of nitrogens with one attached hydrogen (secondary N) is 1. The average Bonchev–Trinajstić information content (AvgIpc) is 3.43. The van der Waals surface area contributed by atoms with Crippen LogP contribution in [0.25, 0.3) is 0 Å². The summed E-state index contributed by atoms with van der Waals surface area (Å²) in [6, 6.07) is 26.5. The fourth-order valence-corrected chi connectivity index (χ4v) is 6.82. The Balaban J connectivity index is 1.46. The van der Waals surface area contributed by atoms with Crippen LogP contribution < -0.4 is 10.1 Å². The van der Waals surface area contributed by atoms with Crippen LogP contribution in [0.1, 0.15) is 34.8 Å². The zero-order valence-electron chi connectivity index (χ0n) is 24.7. The van der Waals surface area contributed by atoms with Crippen molar-refractivity contribution in [2.45, 2.75) is 30.2 Å². The number of carbonyl (C=O) groups excluding carboxylic acids is 1. The fraction of sp³-hybridized carbons (Fsp3) is 0.257. The highest BCUT2D eigenvalue weighted by Gasteiger charge is 2.54. The predicted molar refractivity (Wildman–Crippen MR) is 187 cm³/mol. The first-order valence-corrected chi connectivity index (χ1v) is 17.4. The smallest absolute Gasteiger partial charge is 0.252 e. The van der Waals surface area contributed by atoms with E-state index in [1.165, 1.54) is 12.1 Å². The molecule has 0 fully saturated rings. The van der Waals surface area contributed by atoms with Crippen molar-refractivity contribution in [1.82, 2.24) is 5.32 Å². The van der Waals surface area contributed by atoms with Crippen LogP contribution in [0.2, 0.25) is 10.0 Å². The second-order valence-electron chi connectivity index (χ2n) is 10.7. The van der Waals surface area contributed by atoms with Crippen LogP contribution in [0.3, 0.4) is 0 Å². The maximum atomic E-state index is 14.4. The van der Waals surface area contributed by atoms with Crippen molar-refractivity contribution < 1.29 is 23.8 Å². The summed E-state index contributed by atoms with van der Waals surface area (Å²) in [7, 11) is 0. The molecule has 11 heteroatoms. The minimum Gasteiger partial charge on any atom is -0.494 e. The highest BCUT2D eigenvalue weighted by atomic mass is 79.9. The van der Waals surface area contributed by atoms with Crippen LogP contribution in [0.4, 0.5) is 4.39 Å². The highest BCUT2D eigenvalue weighted by Crippen LogP contribution is 2.45. The maximum absolute atomic E-state index is 14.4. The van der Waals surface area contributed by atoms with E-state index in [9.17, 15) is 9.18 Å². The van der Waals surface area contributed by atoms with E-state index < -0.39 is 11.6 Å². The Labute approximate surface area is 290 Å². The second kappa shape index (κ2) is 16.2. The van der Waals surface area contributed by atoms with E-state index in [2.05, 4.69) is 21.2 Å². The summed E-state index contributed by atoms with van der Waals surface area (Å²) in [5, 5.41) is 13.0. The Hall–Kier alpha value is -3.08. The molecule has 0 saturated heterocycles. The molecule has 4 aromatic rings. The molecule has 0 aromatic heterocycles. The van der Waals surface area contributed by atoms with Gasteiger partial charge in [-0.25, -0.2) is 9.38 Å². The van der Waals surface area contributed by atoms with Crippen molar-refractivity contribution >= 4 is 62.7 Å². The number of carbonyl (C=O) groups is 1. The third-order valence-electron chi connectivity index (χ3n) is 7.41. The number of benzene rings is 4. The van der Waals surface area contributed by atoms with Crippen LogP contribution in [0, 0.1) is 5.82 Å². The lowest BCUT2D eigenvalue weighted by Gasteiger charge is -2.31. The summed E-state index contributed by atoms with van der Waals surface area (Å²) < 4.78 is 26.4. The van der Waals surface area contributed by atoms with Crippen molar-refractivity contribution in [2.75, 3.05) is 25.5 Å². The van der Waals surface area contributed by atoms with Gasteiger partial charge in [-0.2, -0.15) is 11.8 Å². The molecular weight excluding hydrogens is 714 g/mol. The van der Waals surface area contributed by atoms with Gasteiger partial charge in [-0.15, -0.1) is 0 Å². The monoisotopic (exact) mass is 744 g/mol.